The first-order valence-corrected chi connectivity index (χ1v) is 5.75. The van der Waals surface area contributed by atoms with Crippen molar-refractivity contribution in [2.75, 3.05) is 6.67 Å². The van der Waals surface area contributed by atoms with E-state index in [1.165, 1.54) is 0 Å². The molecule has 4 nitrogen and oxygen atoms in total. The molecular formula is C11H25N3O. The van der Waals surface area contributed by atoms with Crippen LogP contribution in [0.1, 0.15) is 40.5 Å². The first-order valence-electron chi connectivity index (χ1n) is 5.75. The number of carbonyl (C=O) groups is 1. The van der Waals surface area contributed by atoms with E-state index in [4.69, 9.17) is 11.5 Å². The van der Waals surface area contributed by atoms with Crippen molar-refractivity contribution in [3.8, 4) is 0 Å². The number of carbonyl (C=O) groups excluding carboxylic acids is 1. The molecule has 4 heteroatoms. The van der Waals surface area contributed by atoms with Crippen LogP contribution in [0.3, 0.4) is 0 Å². The molecule has 0 fully saturated rings. The summed E-state index contributed by atoms with van der Waals surface area (Å²) in [5.41, 5.74) is 11.5. The molecule has 0 bridgehead atoms. The van der Waals surface area contributed by atoms with Crippen molar-refractivity contribution in [1.29, 1.82) is 0 Å². The Morgan fingerprint density at radius 1 is 1.27 bits per heavy atom. The zero-order valence-electron chi connectivity index (χ0n) is 10.4. The van der Waals surface area contributed by atoms with Gasteiger partial charge in [-0.05, 0) is 18.8 Å². The van der Waals surface area contributed by atoms with Crippen LogP contribution in [0.5, 0.6) is 0 Å². The van der Waals surface area contributed by atoms with E-state index in [-0.39, 0.29) is 24.5 Å². The third kappa shape index (κ3) is 3.80. The lowest BCUT2D eigenvalue weighted by Crippen LogP contribution is -2.52. The van der Waals surface area contributed by atoms with Gasteiger partial charge in [-0.15, -0.1) is 0 Å². The van der Waals surface area contributed by atoms with Crippen molar-refractivity contribution in [3.63, 3.8) is 0 Å². The molecule has 1 amide bonds. The number of nitrogens with two attached hydrogens (primary N) is 2. The van der Waals surface area contributed by atoms with Gasteiger partial charge < -0.3 is 16.4 Å². The average Bonchev–Trinajstić information content (AvgIpc) is 2.23. The van der Waals surface area contributed by atoms with Crippen LogP contribution in [0.2, 0.25) is 0 Å². The van der Waals surface area contributed by atoms with Gasteiger partial charge in [-0.3, -0.25) is 4.79 Å². The third-order valence-electron chi connectivity index (χ3n) is 2.87. The lowest BCUT2D eigenvalue weighted by Gasteiger charge is -2.32. The molecule has 0 heterocycles. The van der Waals surface area contributed by atoms with Crippen molar-refractivity contribution < 1.29 is 4.79 Å². The zero-order chi connectivity index (χ0) is 12.0. The number of hydrogen-bond donors (Lipinski definition) is 2. The fourth-order valence-electron chi connectivity index (χ4n) is 1.63. The number of amides is 1. The van der Waals surface area contributed by atoms with Crippen LogP contribution in [0.15, 0.2) is 0 Å². The van der Waals surface area contributed by atoms with Gasteiger partial charge in [0.05, 0.1) is 12.7 Å². The van der Waals surface area contributed by atoms with Crippen LogP contribution in [0.25, 0.3) is 0 Å². The van der Waals surface area contributed by atoms with Gasteiger partial charge in [0.25, 0.3) is 0 Å². The second-order valence-electron chi connectivity index (χ2n) is 4.23. The van der Waals surface area contributed by atoms with Gasteiger partial charge in [0, 0.05) is 6.04 Å². The maximum absolute atomic E-state index is 12.0. The monoisotopic (exact) mass is 215 g/mol. The zero-order valence-corrected chi connectivity index (χ0v) is 10.4. The molecule has 0 spiro atoms. The Bertz CT molecular complexity index is 190. The SMILES string of the molecule is CCC(CC)N(CN)C(=O)C(N)C(C)C. The topological polar surface area (TPSA) is 72.3 Å². The van der Waals surface area contributed by atoms with Crippen molar-refractivity contribution in [2.45, 2.75) is 52.6 Å². The highest BCUT2D eigenvalue weighted by molar-refractivity contribution is 5.82. The fraction of sp³-hybridized carbons (Fsp3) is 0.909. The molecule has 0 aromatic heterocycles. The normalized spacial score (nSPS) is 13.3. The first kappa shape index (κ1) is 14.4. The van der Waals surface area contributed by atoms with Gasteiger partial charge in [-0.25, -0.2) is 0 Å². The Morgan fingerprint density at radius 2 is 1.73 bits per heavy atom. The van der Waals surface area contributed by atoms with Gasteiger partial charge in [0.1, 0.15) is 0 Å². The van der Waals surface area contributed by atoms with Crippen molar-refractivity contribution in [3.05, 3.63) is 0 Å². The maximum atomic E-state index is 12.0. The quantitative estimate of drug-likeness (QED) is 0.647. The van der Waals surface area contributed by atoms with E-state index in [2.05, 4.69) is 13.8 Å². The molecule has 0 aromatic rings. The average molecular weight is 215 g/mol. The fourth-order valence-corrected chi connectivity index (χ4v) is 1.63. The molecule has 1 unspecified atom stereocenters. The van der Waals surface area contributed by atoms with E-state index in [0.29, 0.717) is 0 Å². The number of hydrogen-bond acceptors (Lipinski definition) is 3. The summed E-state index contributed by atoms with van der Waals surface area (Å²) in [6, 6.07) is -0.221. The van der Waals surface area contributed by atoms with Crippen LogP contribution < -0.4 is 11.5 Å². The van der Waals surface area contributed by atoms with Crippen LogP contribution in [-0.4, -0.2) is 29.6 Å². The summed E-state index contributed by atoms with van der Waals surface area (Å²) in [6.07, 6.45) is 1.84. The van der Waals surface area contributed by atoms with Crippen LogP contribution in [0, 0.1) is 5.92 Å². The molecule has 90 valence electrons. The summed E-state index contributed by atoms with van der Waals surface area (Å²) in [7, 11) is 0. The highest BCUT2D eigenvalue weighted by Gasteiger charge is 2.26. The third-order valence-corrected chi connectivity index (χ3v) is 2.87. The van der Waals surface area contributed by atoms with Crippen molar-refractivity contribution in [2.24, 2.45) is 17.4 Å². The van der Waals surface area contributed by atoms with E-state index in [1.807, 2.05) is 13.8 Å². The summed E-state index contributed by atoms with van der Waals surface area (Å²) >= 11 is 0. The Hall–Kier alpha value is -0.610. The summed E-state index contributed by atoms with van der Waals surface area (Å²) in [6.45, 7) is 8.27. The lowest BCUT2D eigenvalue weighted by molar-refractivity contribution is -0.136. The van der Waals surface area contributed by atoms with E-state index in [1.54, 1.807) is 4.90 Å². The molecule has 0 saturated heterocycles. The molecule has 0 saturated carbocycles. The molecule has 0 aliphatic rings. The molecule has 15 heavy (non-hydrogen) atoms. The van der Waals surface area contributed by atoms with E-state index >= 15 is 0 Å². The second kappa shape index (κ2) is 6.80. The Kier molecular flexibility index (Phi) is 6.52. The minimum Gasteiger partial charge on any atom is -0.326 e. The predicted molar refractivity (Wildman–Crippen MR) is 63.1 cm³/mol. The number of rotatable bonds is 6. The van der Waals surface area contributed by atoms with Crippen molar-refractivity contribution >= 4 is 5.91 Å². The maximum Gasteiger partial charge on any atom is 0.241 e. The van der Waals surface area contributed by atoms with Gasteiger partial charge in [0.2, 0.25) is 5.91 Å². The molecule has 0 aromatic carbocycles. The molecule has 0 aliphatic heterocycles. The molecule has 4 N–H and O–H groups in total. The van der Waals surface area contributed by atoms with Crippen molar-refractivity contribution in [1.82, 2.24) is 4.90 Å². The summed E-state index contributed by atoms with van der Waals surface area (Å²) < 4.78 is 0. The molecular weight excluding hydrogens is 190 g/mol. The molecule has 1 atom stereocenters. The van der Waals surface area contributed by atoms with Gasteiger partial charge in [-0.1, -0.05) is 27.7 Å². The predicted octanol–water partition coefficient (Wildman–Crippen LogP) is 0.903. The molecule has 0 aliphatic carbocycles. The summed E-state index contributed by atoms with van der Waals surface area (Å²) in [5.74, 6) is 0.127. The Labute approximate surface area is 93.0 Å². The van der Waals surface area contributed by atoms with Gasteiger partial charge >= 0.3 is 0 Å². The Balaban J connectivity index is 4.59. The molecule has 0 rings (SSSR count). The number of nitrogens with zero attached hydrogens (tertiary/aromatic N) is 1. The second-order valence-corrected chi connectivity index (χ2v) is 4.23. The van der Waals surface area contributed by atoms with E-state index in [0.717, 1.165) is 12.8 Å². The van der Waals surface area contributed by atoms with Gasteiger partial charge in [-0.2, -0.15) is 0 Å². The minimum absolute atomic E-state index is 0.0267. The minimum atomic E-state index is -0.436. The highest BCUT2D eigenvalue weighted by atomic mass is 16.2. The Morgan fingerprint density at radius 3 is 2.00 bits per heavy atom. The smallest absolute Gasteiger partial charge is 0.241 e. The van der Waals surface area contributed by atoms with Crippen LogP contribution in [-0.2, 0) is 4.79 Å². The van der Waals surface area contributed by atoms with Gasteiger partial charge in [0.15, 0.2) is 0 Å². The van der Waals surface area contributed by atoms with Crippen LogP contribution in [0.4, 0.5) is 0 Å². The molecule has 0 radical (unpaired) electrons. The lowest BCUT2D eigenvalue weighted by atomic mass is 10.0. The summed E-state index contributed by atoms with van der Waals surface area (Å²) in [5, 5.41) is 0. The highest BCUT2D eigenvalue weighted by Crippen LogP contribution is 2.11. The van der Waals surface area contributed by atoms with Crippen LogP contribution >= 0.6 is 0 Å². The summed E-state index contributed by atoms with van der Waals surface area (Å²) in [4.78, 5) is 13.7. The standard InChI is InChI=1S/C11H25N3O/c1-5-9(6-2)14(7-12)11(15)10(13)8(3)4/h8-10H,5-7,12-13H2,1-4H3. The van der Waals surface area contributed by atoms with E-state index < -0.39 is 6.04 Å². The first-order chi connectivity index (χ1) is 6.99. The largest absolute Gasteiger partial charge is 0.326 e. The van der Waals surface area contributed by atoms with E-state index in [9.17, 15) is 4.79 Å².